The molecule has 0 unspecified atom stereocenters. The largest absolute Gasteiger partial charge is 0.350 e. The number of hydrogen-bond donors (Lipinski definition) is 1. The second-order valence-electron chi connectivity index (χ2n) is 4.84. The summed E-state index contributed by atoms with van der Waals surface area (Å²) < 4.78 is 1.10. The van der Waals surface area contributed by atoms with Gasteiger partial charge in [0.25, 0.3) is 0 Å². The molecule has 0 radical (unpaired) electrons. The number of benzene rings is 1. The van der Waals surface area contributed by atoms with Crippen molar-refractivity contribution in [2.75, 3.05) is 0 Å². The molecule has 4 heteroatoms. The van der Waals surface area contributed by atoms with Crippen molar-refractivity contribution < 1.29 is 4.79 Å². The van der Waals surface area contributed by atoms with Gasteiger partial charge in [0.05, 0.1) is 15.7 Å². The van der Waals surface area contributed by atoms with E-state index >= 15 is 0 Å². The van der Waals surface area contributed by atoms with Crippen LogP contribution in [0.4, 0.5) is 0 Å². The number of nitrogens with one attached hydrogen (secondary N) is 1. The van der Waals surface area contributed by atoms with Gasteiger partial charge < -0.3 is 5.32 Å². The van der Waals surface area contributed by atoms with Crippen LogP contribution in [0.5, 0.6) is 0 Å². The Bertz CT molecular complexity index is 589. The van der Waals surface area contributed by atoms with Crippen LogP contribution >= 0.6 is 27.3 Å². The Morgan fingerprint density at radius 1 is 1.21 bits per heavy atom. The maximum absolute atomic E-state index is 12.4. The van der Waals surface area contributed by atoms with Crippen LogP contribution in [0.3, 0.4) is 0 Å². The van der Waals surface area contributed by atoms with Crippen LogP contribution in [0.15, 0.2) is 46.3 Å². The van der Waals surface area contributed by atoms with E-state index in [-0.39, 0.29) is 11.3 Å². The summed E-state index contributed by atoms with van der Waals surface area (Å²) in [5.41, 5.74) is 0.871. The molecular weight excluding hydrogens is 322 g/mol. The van der Waals surface area contributed by atoms with E-state index in [0.717, 1.165) is 22.2 Å². The molecule has 1 heterocycles. The number of amides is 1. The predicted molar refractivity (Wildman–Crippen MR) is 81.2 cm³/mol. The lowest BCUT2D eigenvalue weighted by atomic mass is 9.95. The molecule has 1 fully saturated rings. The minimum absolute atomic E-state index is 0.156. The van der Waals surface area contributed by atoms with Gasteiger partial charge in [-0.25, -0.2) is 0 Å². The van der Waals surface area contributed by atoms with Gasteiger partial charge in [0.1, 0.15) is 0 Å². The molecule has 3 rings (SSSR count). The molecule has 1 saturated carbocycles. The molecule has 0 spiro atoms. The van der Waals surface area contributed by atoms with Crippen LogP contribution in [0.2, 0.25) is 0 Å². The van der Waals surface area contributed by atoms with Gasteiger partial charge in [0.15, 0.2) is 0 Å². The van der Waals surface area contributed by atoms with Crippen molar-refractivity contribution in [1.29, 1.82) is 0 Å². The van der Waals surface area contributed by atoms with Crippen molar-refractivity contribution >= 4 is 33.2 Å². The fraction of sp³-hybridized carbons (Fsp3) is 0.267. The van der Waals surface area contributed by atoms with Crippen molar-refractivity contribution in [2.24, 2.45) is 0 Å². The fourth-order valence-electron chi connectivity index (χ4n) is 2.31. The average molecular weight is 336 g/mol. The molecule has 1 aromatic carbocycles. The molecule has 0 atom stereocenters. The number of halogens is 1. The summed E-state index contributed by atoms with van der Waals surface area (Å²) in [6.07, 6.45) is 1.91. The van der Waals surface area contributed by atoms with Gasteiger partial charge in [-0.05, 0) is 46.5 Å². The van der Waals surface area contributed by atoms with E-state index in [0.29, 0.717) is 6.54 Å². The second-order valence-corrected chi connectivity index (χ2v) is 7.38. The molecule has 1 aromatic heterocycles. The topological polar surface area (TPSA) is 29.1 Å². The van der Waals surface area contributed by atoms with E-state index in [1.54, 1.807) is 11.3 Å². The second kappa shape index (κ2) is 5.10. The van der Waals surface area contributed by atoms with Gasteiger partial charge in [0, 0.05) is 4.88 Å². The van der Waals surface area contributed by atoms with Crippen LogP contribution in [-0.2, 0) is 16.8 Å². The molecule has 2 aromatic rings. The summed E-state index contributed by atoms with van der Waals surface area (Å²) in [6, 6.07) is 14.1. The maximum Gasteiger partial charge on any atom is 0.230 e. The Hall–Kier alpha value is -1.13. The zero-order valence-corrected chi connectivity index (χ0v) is 12.8. The summed E-state index contributed by atoms with van der Waals surface area (Å²) >= 11 is 5.09. The first-order valence-electron chi connectivity index (χ1n) is 6.29. The third-order valence-electron chi connectivity index (χ3n) is 3.56. The van der Waals surface area contributed by atoms with E-state index < -0.39 is 0 Å². The first-order valence-corrected chi connectivity index (χ1v) is 7.90. The molecule has 0 bridgehead atoms. The van der Waals surface area contributed by atoms with Gasteiger partial charge >= 0.3 is 0 Å². The number of carbonyl (C=O) groups excluding carboxylic acids is 1. The number of rotatable bonds is 4. The van der Waals surface area contributed by atoms with Crippen LogP contribution in [0.1, 0.15) is 23.3 Å². The van der Waals surface area contributed by atoms with Crippen LogP contribution in [0, 0.1) is 0 Å². The van der Waals surface area contributed by atoms with Gasteiger partial charge in [-0.15, -0.1) is 11.3 Å². The first kappa shape index (κ1) is 12.9. The minimum Gasteiger partial charge on any atom is -0.350 e. The lowest BCUT2D eigenvalue weighted by Gasteiger charge is -2.15. The van der Waals surface area contributed by atoms with Crippen LogP contribution in [-0.4, -0.2) is 5.91 Å². The smallest absolute Gasteiger partial charge is 0.230 e. The third kappa shape index (κ3) is 2.60. The Morgan fingerprint density at radius 3 is 2.53 bits per heavy atom. The van der Waals surface area contributed by atoms with E-state index in [9.17, 15) is 4.79 Å². The van der Waals surface area contributed by atoms with Crippen molar-refractivity contribution in [1.82, 2.24) is 5.32 Å². The highest BCUT2D eigenvalue weighted by Crippen LogP contribution is 2.48. The molecular formula is C15H14BrNOS. The highest BCUT2D eigenvalue weighted by atomic mass is 79.9. The monoisotopic (exact) mass is 335 g/mol. The molecule has 1 aliphatic carbocycles. The van der Waals surface area contributed by atoms with Crippen LogP contribution in [0.25, 0.3) is 0 Å². The predicted octanol–water partition coefficient (Wildman–Crippen LogP) is 3.86. The fourth-order valence-corrected chi connectivity index (χ4v) is 3.74. The standard InChI is InChI=1S/C15H14BrNOS/c16-13-7-6-12(19-13)10-17-14(18)15(8-9-15)11-4-2-1-3-5-11/h1-7H,8-10H2,(H,17,18). The maximum atomic E-state index is 12.4. The lowest BCUT2D eigenvalue weighted by Crippen LogP contribution is -2.34. The average Bonchev–Trinajstić information content (AvgIpc) is 3.15. The Labute approximate surface area is 125 Å². The highest BCUT2D eigenvalue weighted by Gasteiger charge is 2.50. The minimum atomic E-state index is -0.268. The molecule has 0 aliphatic heterocycles. The zero-order chi connectivity index (χ0) is 13.3. The Morgan fingerprint density at radius 2 is 1.95 bits per heavy atom. The summed E-state index contributed by atoms with van der Waals surface area (Å²) in [5, 5.41) is 3.06. The summed E-state index contributed by atoms with van der Waals surface area (Å²) in [7, 11) is 0. The normalized spacial score (nSPS) is 16.1. The van der Waals surface area contributed by atoms with Gasteiger partial charge in [-0.3, -0.25) is 4.79 Å². The zero-order valence-electron chi connectivity index (χ0n) is 10.4. The number of hydrogen-bond acceptors (Lipinski definition) is 2. The van der Waals surface area contributed by atoms with Gasteiger partial charge in [-0.1, -0.05) is 30.3 Å². The SMILES string of the molecule is O=C(NCc1ccc(Br)s1)C1(c2ccccc2)CC1. The van der Waals surface area contributed by atoms with E-state index in [1.165, 1.54) is 4.88 Å². The van der Waals surface area contributed by atoms with Crippen molar-refractivity contribution in [3.8, 4) is 0 Å². The molecule has 1 N–H and O–H groups in total. The Balaban J connectivity index is 1.68. The van der Waals surface area contributed by atoms with E-state index in [1.807, 2.05) is 42.5 Å². The molecule has 1 amide bonds. The van der Waals surface area contributed by atoms with Crippen molar-refractivity contribution in [3.05, 3.63) is 56.7 Å². The summed E-state index contributed by atoms with van der Waals surface area (Å²) in [4.78, 5) is 13.6. The molecule has 98 valence electrons. The summed E-state index contributed by atoms with van der Waals surface area (Å²) in [5.74, 6) is 0.156. The lowest BCUT2D eigenvalue weighted by molar-refractivity contribution is -0.123. The van der Waals surface area contributed by atoms with Crippen LogP contribution < -0.4 is 5.32 Å². The first-order chi connectivity index (χ1) is 9.21. The molecule has 2 nitrogen and oxygen atoms in total. The molecule has 0 saturated heterocycles. The van der Waals surface area contributed by atoms with Crippen molar-refractivity contribution in [2.45, 2.75) is 24.8 Å². The van der Waals surface area contributed by atoms with E-state index in [4.69, 9.17) is 0 Å². The van der Waals surface area contributed by atoms with Gasteiger partial charge in [0.2, 0.25) is 5.91 Å². The number of thiophene rings is 1. The Kier molecular flexibility index (Phi) is 3.46. The highest BCUT2D eigenvalue weighted by molar-refractivity contribution is 9.11. The quantitative estimate of drug-likeness (QED) is 0.903. The van der Waals surface area contributed by atoms with Gasteiger partial charge in [-0.2, -0.15) is 0 Å². The number of carbonyl (C=O) groups is 1. The van der Waals surface area contributed by atoms with E-state index in [2.05, 4.69) is 21.2 Å². The molecule has 1 aliphatic rings. The molecule has 19 heavy (non-hydrogen) atoms. The summed E-state index contributed by atoms with van der Waals surface area (Å²) in [6.45, 7) is 0.615. The van der Waals surface area contributed by atoms with Crippen molar-refractivity contribution in [3.63, 3.8) is 0 Å². The third-order valence-corrected chi connectivity index (χ3v) is 5.19.